The van der Waals surface area contributed by atoms with E-state index in [9.17, 15) is 8.42 Å². The molecule has 1 aliphatic rings. The van der Waals surface area contributed by atoms with Crippen molar-refractivity contribution in [2.75, 3.05) is 38.2 Å². The SMILES string of the molecule is O=S(=O)(c1ccc(CCNc2ccc(-c3ccccc3)nn2)cc1)N1CCOCC1. The van der Waals surface area contributed by atoms with Crippen molar-refractivity contribution in [1.82, 2.24) is 14.5 Å². The normalized spacial score (nSPS) is 15.1. The average molecular weight is 425 g/mol. The molecule has 7 nitrogen and oxygen atoms in total. The Hall–Kier alpha value is -2.81. The van der Waals surface area contributed by atoms with Crippen molar-refractivity contribution in [2.24, 2.45) is 0 Å². The van der Waals surface area contributed by atoms with Crippen LogP contribution in [0.2, 0.25) is 0 Å². The minimum absolute atomic E-state index is 0.323. The zero-order chi connectivity index (χ0) is 20.8. The highest BCUT2D eigenvalue weighted by Crippen LogP contribution is 2.19. The van der Waals surface area contributed by atoms with Gasteiger partial charge in [0.05, 0.1) is 23.8 Å². The molecular formula is C22H24N4O3S. The lowest BCUT2D eigenvalue weighted by Crippen LogP contribution is -2.40. The number of ether oxygens (including phenoxy) is 1. The zero-order valence-corrected chi connectivity index (χ0v) is 17.4. The molecule has 1 aromatic heterocycles. The van der Waals surface area contributed by atoms with Crippen LogP contribution in [0, 0.1) is 0 Å². The lowest BCUT2D eigenvalue weighted by Gasteiger charge is -2.26. The van der Waals surface area contributed by atoms with E-state index in [1.165, 1.54) is 4.31 Å². The van der Waals surface area contributed by atoms with E-state index in [0.717, 1.165) is 23.2 Å². The maximum absolute atomic E-state index is 12.7. The summed E-state index contributed by atoms with van der Waals surface area (Å²) in [5.74, 6) is 0.709. The number of benzene rings is 2. The second kappa shape index (κ2) is 9.34. The Balaban J connectivity index is 1.31. The highest BCUT2D eigenvalue weighted by atomic mass is 32.2. The first-order valence-corrected chi connectivity index (χ1v) is 11.4. The Kier molecular flexibility index (Phi) is 6.37. The zero-order valence-electron chi connectivity index (χ0n) is 16.6. The second-order valence-electron chi connectivity index (χ2n) is 7.01. The number of nitrogens with one attached hydrogen (secondary N) is 1. The third-order valence-corrected chi connectivity index (χ3v) is 6.90. The number of nitrogens with zero attached hydrogens (tertiary/aromatic N) is 3. The number of anilines is 1. The highest BCUT2D eigenvalue weighted by Gasteiger charge is 2.25. The lowest BCUT2D eigenvalue weighted by molar-refractivity contribution is 0.0730. The number of morpholine rings is 1. The van der Waals surface area contributed by atoms with E-state index < -0.39 is 10.0 Å². The summed E-state index contributed by atoms with van der Waals surface area (Å²) in [4.78, 5) is 0.323. The molecule has 3 aromatic rings. The van der Waals surface area contributed by atoms with Crippen LogP contribution < -0.4 is 5.32 Å². The fourth-order valence-electron chi connectivity index (χ4n) is 3.29. The van der Waals surface area contributed by atoms with Crippen molar-refractivity contribution in [3.8, 4) is 11.3 Å². The van der Waals surface area contributed by atoms with E-state index in [1.54, 1.807) is 12.1 Å². The fraction of sp³-hybridized carbons (Fsp3) is 0.273. The first-order chi connectivity index (χ1) is 14.6. The molecular weight excluding hydrogens is 400 g/mol. The summed E-state index contributed by atoms with van der Waals surface area (Å²) in [6.45, 7) is 2.36. The summed E-state index contributed by atoms with van der Waals surface area (Å²) >= 11 is 0. The van der Waals surface area contributed by atoms with Gasteiger partial charge in [0.25, 0.3) is 0 Å². The quantitative estimate of drug-likeness (QED) is 0.628. The van der Waals surface area contributed by atoms with E-state index in [-0.39, 0.29) is 0 Å². The monoisotopic (exact) mass is 424 g/mol. The molecule has 1 aliphatic heterocycles. The first kappa shape index (κ1) is 20.5. The van der Waals surface area contributed by atoms with E-state index in [0.29, 0.717) is 43.6 Å². The van der Waals surface area contributed by atoms with Crippen LogP contribution in [0.5, 0.6) is 0 Å². The molecule has 1 N–H and O–H groups in total. The van der Waals surface area contributed by atoms with Crippen molar-refractivity contribution >= 4 is 15.8 Å². The second-order valence-corrected chi connectivity index (χ2v) is 8.94. The molecule has 2 aromatic carbocycles. The molecule has 2 heterocycles. The van der Waals surface area contributed by atoms with Gasteiger partial charge in [-0.1, -0.05) is 42.5 Å². The van der Waals surface area contributed by atoms with Gasteiger partial charge in [-0.05, 0) is 36.2 Å². The van der Waals surface area contributed by atoms with Crippen LogP contribution in [0.3, 0.4) is 0 Å². The molecule has 1 saturated heterocycles. The number of rotatable bonds is 7. The van der Waals surface area contributed by atoms with Gasteiger partial charge < -0.3 is 10.1 Å². The highest BCUT2D eigenvalue weighted by molar-refractivity contribution is 7.89. The molecule has 0 unspecified atom stereocenters. The van der Waals surface area contributed by atoms with Gasteiger partial charge in [0.1, 0.15) is 5.82 Å². The first-order valence-electron chi connectivity index (χ1n) is 9.93. The van der Waals surface area contributed by atoms with Gasteiger partial charge in [-0.2, -0.15) is 4.31 Å². The molecule has 0 saturated carbocycles. The van der Waals surface area contributed by atoms with Crippen molar-refractivity contribution in [3.05, 3.63) is 72.3 Å². The Morgan fingerprint density at radius 2 is 1.63 bits per heavy atom. The van der Waals surface area contributed by atoms with Crippen molar-refractivity contribution < 1.29 is 13.2 Å². The van der Waals surface area contributed by atoms with Gasteiger partial charge >= 0.3 is 0 Å². The molecule has 0 radical (unpaired) electrons. The summed E-state index contributed by atoms with van der Waals surface area (Å²) < 4.78 is 32.1. The standard InChI is InChI=1S/C22H24N4O3S/c27-30(28,26-14-16-29-17-15-26)20-8-6-18(7-9-20)12-13-23-22-11-10-21(24-25-22)19-4-2-1-3-5-19/h1-11H,12-17H2,(H,23,25). The molecule has 0 amide bonds. The minimum Gasteiger partial charge on any atom is -0.379 e. The number of sulfonamides is 1. The van der Waals surface area contributed by atoms with Crippen LogP contribution in [-0.2, 0) is 21.2 Å². The molecule has 0 bridgehead atoms. The summed E-state index contributed by atoms with van der Waals surface area (Å²) in [6, 6.07) is 20.8. The van der Waals surface area contributed by atoms with Crippen LogP contribution in [0.1, 0.15) is 5.56 Å². The molecule has 0 spiro atoms. The average Bonchev–Trinajstić information content (AvgIpc) is 2.81. The van der Waals surface area contributed by atoms with Crippen molar-refractivity contribution in [2.45, 2.75) is 11.3 Å². The van der Waals surface area contributed by atoms with Gasteiger partial charge in [-0.3, -0.25) is 0 Å². The molecule has 0 atom stereocenters. The number of hydrogen-bond donors (Lipinski definition) is 1. The molecule has 1 fully saturated rings. The predicted octanol–water partition coefficient (Wildman–Crippen LogP) is 2.82. The third kappa shape index (κ3) is 4.84. The van der Waals surface area contributed by atoms with E-state index in [4.69, 9.17) is 4.74 Å². The predicted molar refractivity (Wildman–Crippen MR) is 116 cm³/mol. The van der Waals surface area contributed by atoms with Crippen LogP contribution in [0.25, 0.3) is 11.3 Å². The summed E-state index contributed by atoms with van der Waals surface area (Å²) in [5.41, 5.74) is 2.92. The molecule has 156 valence electrons. The summed E-state index contributed by atoms with van der Waals surface area (Å²) in [7, 11) is -3.45. The Morgan fingerprint density at radius 3 is 2.30 bits per heavy atom. The maximum Gasteiger partial charge on any atom is 0.243 e. The van der Waals surface area contributed by atoms with Gasteiger partial charge in [-0.15, -0.1) is 10.2 Å². The van der Waals surface area contributed by atoms with E-state index in [1.807, 2.05) is 54.6 Å². The third-order valence-electron chi connectivity index (χ3n) is 4.99. The minimum atomic E-state index is -3.45. The lowest BCUT2D eigenvalue weighted by atomic mass is 10.1. The van der Waals surface area contributed by atoms with Crippen LogP contribution in [0.15, 0.2) is 71.6 Å². The Bertz CT molecular complexity index is 1050. The summed E-state index contributed by atoms with van der Waals surface area (Å²) in [6.07, 6.45) is 0.750. The molecule has 0 aliphatic carbocycles. The summed E-state index contributed by atoms with van der Waals surface area (Å²) in [5, 5.41) is 11.7. The number of aromatic nitrogens is 2. The molecule has 8 heteroatoms. The van der Waals surface area contributed by atoms with Gasteiger partial charge in [-0.25, -0.2) is 8.42 Å². The smallest absolute Gasteiger partial charge is 0.243 e. The van der Waals surface area contributed by atoms with Gasteiger partial charge in [0.2, 0.25) is 10.0 Å². The number of hydrogen-bond acceptors (Lipinski definition) is 6. The largest absolute Gasteiger partial charge is 0.379 e. The van der Waals surface area contributed by atoms with Crippen LogP contribution in [0.4, 0.5) is 5.82 Å². The van der Waals surface area contributed by atoms with Crippen LogP contribution in [-0.4, -0.2) is 55.8 Å². The Labute approximate surface area is 176 Å². The van der Waals surface area contributed by atoms with Gasteiger partial charge in [0.15, 0.2) is 0 Å². The van der Waals surface area contributed by atoms with Gasteiger partial charge in [0, 0.05) is 25.2 Å². The fourth-order valence-corrected chi connectivity index (χ4v) is 4.70. The van der Waals surface area contributed by atoms with Crippen LogP contribution >= 0.6 is 0 Å². The topological polar surface area (TPSA) is 84.4 Å². The van der Waals surface area contributed by atoms with E-state index in [2.05, 4.69) is 15.5 Å². The van der Waals surface area contributed by atoms with Crippen molar-refractivity contribution in [1.29, 1.82) is 0 Å². The molecule has 30 heavy (non-hydrogen) atoms. The van der Waals surface area contributed by atoms with Crippen molar-refractivity contribution in [3.63, 3.8) is 0 Å². The van der Waals surface area contributed by atoms with E-state index >= 15 is 0 Å². The molecule has 4 rings (SSSR count). The maximum atomic E-state index is 12.7. The Morgan fingerprint density at radius 1 is 0.900 bits per heavy atom.